The Labute approximate surface area is 152 Å². The second-order valence-corrected chi connectivity index (χ2v) is 6.09. The zero-order valence-electron chi connectivity index (χ0n) is 13.0. The van der Waals surface area contributed by atoms with E-state index in [0.717, 1.165) is 5.39 Å². The normalized spacial score (nSPS) is 11.6. The van der Waals surface area contributed by atoms with Gasteiger partial charge in [-0.25, -0.2) is 10.2 Å². The molecule has 0 aliphatic rings. The molecule has 1 amide bonds. The second-order valence-electron chi connectivity index (χ2n) is 5.25. The van der Waals surface area contributed by atoms with Crippen LogP contribution in [0.1, 0.15) is 22.8 Å². The van der Waals surface area contributed by atoms with Crippen molar-refractivity contribution in [1.29, 1.82) is 0 Å². The van der Waals surface area contributed by atoms with E-state index in [0.29, 0.717) is 16.3 Å². The number of carbonyl (C=O) groups is 1. The lowest BCUT2D eigenvalue weighted by Gasteiger charge is -2.05. The smallest absolute Gasteiger partial charge is 0.345 e. The predicted octanol–water partition coefficient (Wildman–Crippen LogP) is 4.25. The van der Waals surface area contributed by atoms with Crippen molar-refractivity contribution in [3.05, 3.63) is 80.1 Å². The van der Waals surface area contributed by atoms with Gasteiger partial charge in [-0.3, -0.25) is 4.79 Å². The van der Waals surface area contributed by atoms with E-state index in [4.69, 9.17) is 27.6 Å². The molecule has 0 aliphatic carbocycles. The molecule has 0 bridgehead atoms. The molecule has 0 aliphatic heterocycles. The number of nitrogens with zero attached hydrogens (tertiary/aromatic N) is 1. The van der Waals surface area contributed by atoms with Gasteiger partial charge in [0.1, 0.15) is 5.58 Å². The number of hydrazone groups is 1. The third-order valence-corrected chi connectivity index (χ3v) is 4.09. The molecule has 1 heterocycles. The number of hydrogen-bond acceptors (Lipinski definition) is 4. The Kier molecular flexibility index (Phi) is 4.88. The molecule has 3 rings (SSSR count). The summed E-state index contributed by atoms with van der Waals surface area (Å²) in [6.07, 6.45) is 0. The predicted molar refractivity (Wildman–Crippen MR) is 98.6 cm³/mol. The summed E-state index contributed by atoms with van der Waals surface area (Å²) in [6.45, 7) is 1.60. The first-order valence-electron chi connectivity index (χ1n) is 7.28. The molecule has 7 heteroatoms. The van der Waals surface area contributed by atoms with E-state index in [9.17, 15) is 9.59 Å². The van der Waals surface area contributed by atoms with Crippen LogP contribution in [0.2, 0.25) is 10.0 Å². The van der Waals surface area contributed by atoms with E-state index < -0.39 is 11.5 Å². The molecule has 25 heavy (non-hydrogen) atoms. The quantitative estimate of drug-likeness (QED) is 0.423. The molecule has 0 unspecified atom stereocenters. The number of hydrogen-bond donors (Lipinski definition) is 1. The Morgan fingerprint density at radius 2 is 1.84 bits per heavy atom. The van der Waals surface area contributed by atoms with Crippen LogP contribution in [-0.2, 0) is 0 Å². The maximum Gasteiger partial charge on any atom is 0.345 e. The topological polar surface area (TPSA) is 71.7 Å². The number of benzene rings is 2. The summed E-state index contributed by atoms with van der Waals surface area (Å²) >= 11 is 11.8. The first-order valence-corrected chi connectivity index (χ1v) is 8.04. The van der Waals surface area contributed by atoms with Gasteiger partial charge in [0.25, 0.3) is 5.91 Å². The van der Waals surface area contributed by atoms with Gasteiger partial charge in [-0.15, -0.1) is 0 Å². The Morgan fingerprint density at radius 3 is 2.64 bits per heavy atom. The number of amides is 1. The lowest BCUT2D eigenvalue weighted by Crippen LogP contribution is -2.21. The van der Waals surface area contributed by atoms with Crippen LogP contribution in [0.25, 0.3) is 11.0 Å². The maximum atomic E-state index is 12.2. The molecule has 0 atom stereocenters. The summed E-state index contributed by atoms with van der Waals surface area (Å²) in [7, 11) is 0. The van der Waals surface area contributed by atoms with Crippen molar-refractivity contribution in [2.75, 3.05) is 0 Å². The molecule has 126 valence electrons. The number of para-hydroxylation sites is 1. The van der Waals surface area contributed by atoms with E-state index >= 15 is 0 Å². The van der Waals surface area contributed by atoms with E-state index in [1.54, 1.807) is 31.2 Å². The van der Waals surface area contributed by atoms with Gasteiger partial charge in [-0.2, -0.15) is 5.10 Å². The van der Waals surface area contributed by atoms with Crippen molar-refractivity contribution in [3.63, 3.8) is 0 Å². The van der Waals surface area contributed by atoms with Crippen molar-refractivity contribution in [2.45, 2.75) is 6.92 Å². The molecule has 0 saturated carbocycles. The molecule has 3 aromatic rings. The standard InChI is InChI=1S/C18H12Cl2N2O3/c1-10(13-8-11-4-2-3-5-16(11)25-18(13)24)21-22-17(23)14-9-12(19)6-7-15(14)20/h2-9H,1H3,(H,22,23)/b21-10-. The molecule has 0 spiro atoms. The number of nitrogens with one attached hydrogen (secondary N) is 1. The van der Waals surface area contributed by atoms with Gasteiger partial charge in [0, 0.05) is 10.4 Å². The Bertz CT molecular complexity index is 1060. The van der Waals surface area contributed by atoms with E-state index in [1.165, 1.54) is 12.1 Å². The molecule has 2 aromatic carbocycles. The fourth-order valence-electron chi connectivity index (χ4n) is 2.24. The summed E-state index contributed by atoms with van der Waals surface area (Å²) in [6, 6.07) is 13.3. The number of fused-ring (bicyclic) bond motifs is 1. The van der Waals surface area contributed by atoms with Gasteiger partial charge in [0.2, 0.25) is 0 Å². The lowest BCUT2D eigenvalue weighted by atomic mass is 10.1. The van der Waals surface area contributed by atoms with Gasteiger partial charge >= 0.3 is 5.63 Å². The number of halogens is 2. The lowest BCUT2D eigenvalue weighted by molar-refractivity contribution is 0.0955. The molecular weight excluding hydrogens is 363 g/mol. The molecule has 1 N–H and O–H groups in total. The first kappa shape index (κ1) is 17.2. The highest BCUT2D eigenvalue weighted by Crippen LogP contribution is 2.20. The number of rotatable bonds is 3. The van der Waals surface area contributed by atoms with E-state index in [-0.39, 0.29) is 16.1 Å². The zero-order chi connectivity index (χ0) is 18.0. The Hall–Kier alpha value is -2.63. The van der Waals surface area contributed by atoms with Crippen molar-refractivity contribution in [2.24, 2.45) is 5.10 Å². The number of carbonyl (C=O) groups excluding carboxylic acids is 1. The summed E-state index contributed by atoms with van der Waals surface area (Å²) in [5.41, 5.74) is 3.08. The van der Waals surface area contributed by atoms with Crippen LogP contribution in [0.15, 0.2) is 62.8 Å². The fraction of sp³-hybridized carbons (Fsp3) is 0.0556. The van der Waals surface area contributed by atoms with Gasteiger partial charge < -0.3 is 4.42 Å². The van der Waals surface area contributed by atoms with Crippen LogP contribution in [0, 0.1) is 0 Å². The van der Waals surface area contributed by atoms with Crippen LogP contribution >= 0.6 is 23.2 Å². The van der Waals surface area contributed by atoms with Crippen LogP contribution in [-0.4, -0.2) is 11.6 Å². The summed E-state index contributed by atoms with van der Waals surface area (Å²) < 4.78 is 5.25. The zero-order valence-corrected chi connectivity index (χ0v) is 14.6. The summed E-state index contributed by atoms with van der Waals surface area (Å²) in [5.74, 6) is -0.531. The van der Waals surface area contributed by atoms with Crippen LogP contribution in [0.4, 0.5) is 0 Å². The highest BCUT2D eigenvalue weighted by atomic mass is 35.5. The van der Waals surface area contributed by atoms with Crippen molar-refractivity contribution >= 4 is 45.8 Å². The third kappa shape index (κ3) is 3.73. The maximum absolute atomic E-state index is 12.2. The average Bonchev–Trinajstić information content (AvgIpc) is 2.60. The summed E-state index contributed by atoms with van der Waals surface area (Å²) in [5, 5.41) is 5.35. The van der Waals surface area contributed by atoms with E-state index in [2.05, 4.69) is 10.5 Å². The molecule has 0 fully saturated rings. The van der Waals surface area contributed by atoms with Crippen LogP contribution in [0.3, 0.4) is 0 Å². The SMILES string of the molecule is C/C(=N/NC(=O)c1cc(Cl)ccc1Cl)c1cc2ccccc2oc1=O. The average molecular weight is 375 g/mol. The van der Waals surface area contributed by atoms with Gasteiger partial charge in [-0.1, -0.05) is 41.4 Å². The minimum Gasteiger partial charge on any atom is -0.422 e. The fourth-order valence-corrected chi connectivity index (χ4v) is 2.62. The molecule has 5 nitrogen and oxygen atoms in total. The molecule has 0 radical (unpaired) electrons. The largest absolute Gasteiger partial charge is 0.422 e. The van der Waals surface area contributed by atoms with Gasteiger partial charge in [0.15, 0.2) is 0 Å². The van der Waals surface area contributed by atoms with Crippen molar-refractivity contribution < 1.29 is 9.21 Å². The van der Waals surface area contributed by atoms with E-state index in [1.807, 2.05) is 12.1 Å². The van der Waals surface area contributed by atoms with Gasteiger partial charge in [0.05, 0.1) is 21.9 Å². The molecular formula is C18H12Cl2N2O3. The Balaban J connectivity index is 1.89. The van der Waals surface area contributed by atoms with Crippen LogP contribution < -0.4 is 11.1 Å². The Morgan fingerprint density at radius 1 is 1.08 bits per heavy atom. The molecule has 1 aromatic heterocycles. The molecule has 0 saturated heterocycles. The van der Waals surface area contributed by atoms with Crippen molar-refractivity contribution in [1.82, 2.24) is 5.43 Å². The first-order chi connectivity index (χ1) is 12.0. The van der Waals surface area contributed by atoms with Gasteiger partial charge in [-0.05, 0) is 37.3 Å². The minimum atomic E-state index is -0.532. The minimum absolute atomic E-state index is 0.191. The highest BCUT2D eigenvalue weighted by molar-refractivity contribution is 6.35. The second kappa shape index (κ2) is 7.09. The third-order valence-electron chi connectivity index (χ3n) is 3.53. The van der Waals surface area contributed by atoms with Crippen molar-refractivity contribution in [3.8, 4) is 0 Å². The van der Waals surface area contributed by atoms with Crippen LogP contribution in [0.5, 0.6) is 0 Å². The monoisotopic (exact) mass is 374 g/mol. The highest BCUT2D eigenvalue weighted by Gasteiger charge is 2.12. The summed E-state index contributed by atoms with van der Waals surface area (Å²) in [4.78, 5) is 24.3.